The number of carbonyl (C=O) groups is 1. The molecule has 0 spiro atoms. The van der Waals surface area contributed by atoms with Crippen molar-refractivity contribution in [3.05, 3.63) is 24.2 Å². The van der Waals surface area contributed by atoms with Crippen LogP contribution < -0.4 is 11.1 Å². The lowest BCUT2D eigenvalue weighted by Gasteiger charge is -2.12. The van der Waals surface area contributed by atoms with Crippen molar-refractivity contribution in [1.82, 2.24) is 5.32 Å². The molecule has 82 valence electrons. The number of thiocarbonyl (C=S) groups is 1. The summed E-state index contributed by atoms with van der Waals surface area (Å²) < 4.78 is 4.88. The topological polar surface area (TPSA) is 68.3 Å². The summed E-state index contributed by atoms with van der Waals surface area (Å²) in [7, 11) is 0. The lowest BCUT2D eigenvalue weighted by molar-refractivity contribution is -0.123. The van der Waals surface area contributed by atoms with E-state index in [4.69, 9.17) is 22.4 Å². The van der Waals surface area contributed by atoms with Crippen molar-refractivity contribution in [3.63, 3.8) is 0 Å². The first-order chi connectivity index (χ1) is 7.15. The molecule has 5 heteroatoms. The van der Waals surface area contributed by atoms with E-state index in [2.05, 4.69) is 5.32 Å². The van der Waals surface area contributed by atoms with Crippen LogP contribution in [0.5, 0.6) is 0 Å². The van der Waals surface area contributed by atoms with Crippen LogP contribution in [0.4, 0.5) is 0 Å². The van der Waals surface area contributed by atoms with Crippen molar-refractivity contribution in [3.8, 4) is 0 Å². The zero-order valence-corrected chi connectivity index (χ0v) is 9.34. The summed E-state index contributed by atoms with van der Waals surface area (Å²) in [5, 5.41) is 2.75. The van der Waals surface area contributed by atoms with Gasteiger partial charge in [0.15, 0.2) is 0 Å². The van der Waals surface area contributed by atoms with Crippen LogP contribution in [0.3, 0.4) is 0 Å². The summed E-state index contributed by atoms with van der Waals surface area (Å²) in [5.41, 5.74) is 6.37. The van der Waals surface area contributed by atoms with Crippen LogP contribution in [-0.2, 0) is 11.3 Å². The maximum absolute atomic E-state index is 11.6. The van der Waals surface area contributed by atoms with E-state index in [0.29, 0.717) is 13.0 Å². The van der Waals surface area contributed by atoms with Crippen LogP contribution in [0.1, 0.15) is 18.9 Å². The molecule has 0 aliphatic carbocycles. The summed E-state index contributed by atoms with van der Waals surface area (Å²) in [6, 6.07) is 1.79. The molecule has 0 aliphatic rings. The number of hydrogen-bond donors (Lipinski definition) is 2. The van der Waals surface area contributed by atoms with Gasteiger partial charge in [0.25, 0.3) is 0 Å². The molecule has 15 heavy (non-hydrogen) atoms. The number of nitrogens with two attached hydrogens (primary N) is 1. The van der Waals surface area contributed by atoms with Gasteiger partial charge in [0.1, 0.15) is 0 Å². The Morgan fingerprint density at radius 2 is 2.47 bits per heavy atom. The zero-order valence-electron chi connectivity index (χ0n) is 8.53. The van der Waals surface area contributed by atoms with Crippen LogP contribution in [-0.4, -0.2) is 10.9 Å². The van der Waals surface area contributed by atoms with Crippen molar-refractivity contribution in [2.75, 3.05) is 0 Å². The number of furan rings is 1. The first-order valence-electron chi connectivity index (χ1n) is 4.73. The number of hydrogen-bond acceptors (Lipinski definition) is 3. The summed E-state index contributed by atoms with van der Waals surface area (Å²) in [4.78, 5) is 11.8. The highest BCUT2D eigenvalue weighted by Crippen LogP contribution is 2.04. The van der Waals surface area contributed by atoms with Crippen molar-refractivity contribution in [1.29, 1.82) is 0 Å². The van der Waals surface area contributed by atoms with Gasteiger partial charge in [-0.1, -0.05) is 19.1 Å². The van der Waals surface area contributed by atoms with E-state index < -0.39 is 0 Å². The van der Waals surface area contributed by atoms with Crippen molar-refractivity contribution in [2.24, 2.45) is 11.7 Å². The molecule has 4 nitrogen and oxygen atoms in total. The summed E-state index contributed by atoms with van der Waals surface area (Å²) >= 11 is 4.81. The van der Waals surface area contributed by atoms with Crippen LogP contribution in [0.25, 0.3) is 0 Å². The quantitative estimate of drug-likeness (QED) is 0.740. The highest BCUT2D eigenvalue weighted by Gasteiger charge is 2.18. The van der Waals surface area contributed by atoms with Crippen molar-refractivity contribution < 1.29 is 9.21 Å². The monoisotopic (exact) mass is 226 g/mol. The number of carbonyl (C=O) groups excluding carboxylic acids is 1. The maximum Gasteiger partial charge on any atom is 0.230 e. The molecule has 1 rings (SSSR count). The summed E-state index contributed by atoms with van der Waals surface area (Å²) in [6.45, 7) is 2.32. The molecule has 1 amide bonds. The third-order valence-corrected chi connectivity index (χ3v) is 2.40. The number of amides is 1. The number of nitrogens with one attached hydrogen (secondary N) is 1. The second-order valence-electron chi connectivity index (χ2n) is 3.21. The van der Waals surface area contributed by atoms with Crippen LogP contribution in [0.2, 0.25) is 0 Å². The standard InChI is InChI=1S/C10H14N2O2S/c1-2-8(9(11)15)10(13)12-5-7-3-4-14-6-7/h3-4,6,8H,2,5H2,1H3,(H2,11,15)(H,12,13). The SMILES string of the molecule is CCC(C(=O)NCc1ccoc1)C(N)=S. The van der Waals surface area contributed by atoms with Gasteiger partial charge < -0.3 is 15.5 Å². The van der Waals surface area contributed by atoms with E-state index >= 15 is 0 Å². The molecule has 0 radical (unpaired) electrons. The molecule has 1 aromatic heterocycles. The Kier molecular flexibility index (Phi) is 4.30. The molecule has 0 saturated heterocycles. The second kappa shape index (κ2) is 5.50. The van der Waals surface area contributed by atoms with Gasteiger partial charge in [0.05, 0.1) is 23.4 Å². The lowest BCUT2D eigenvalue weighted by atomic mass is 10.1. The van der Waals surface area contributed by atoms with Gasteiger partial charge in [0, 0.05) is 12.1 Å². The summed E-state index contributed by atoms with van der Waals surface area (Å²) in [5.74, 6) is -0.516. The van der Waals surface area contributed by atoms with Gasteiger partial charge in [-0.05, 0) is 12.5 Å². The average Bonchev–Trinajstić information content (AvgIpc) is 2.67. The molecule has 0 aliphatic heterocycles. The maximum atomic E-state index is 11.6. The van der Waals surface area contributed by atoms with Crippen molar-refractivity contribution in [2.45, 2.75) is 19.9 Å². The lowest BCUT2D eigenvalue weighted by Crippen LogP contribution is -2.37. The van der Waals surface area contributed by atoms with E-state index in [1.165, 1.54) is 0 Å². The minimum atomic E-state index is -0.382. The molecule has 1 atom stereocenters. The molecular weight excluding hydrogens is 212 g/mol. The largest absolute Gasteiger partial charge is 0.472 e. The molecule has 0 aromatic carbocycles. The normalized spacial score (nSPS) is 12.1. The molecule has 0 fully saturated rings. The van der Waals surface area contributed by atoms with E-state index in [1.54, 1.807) is 18.6 Å². The summed E-state index contributed by atoms with van der Waals surface area (Å²) in [6.07, 6.45) is 3.76. The minimum absolute atomic E-state index is 0.133. The zero-order chi connectivity index (χ0) is 11.3. The fourth-order valence-corrected chi connectivity index (χ4v) is 1.50. The molecule has 0 saturated carbocycles. The Labute approximate surface area is 93.8 Å². The highest BCUT2D eigenvalue weighted by atomic mass is 32.1. The van der Waals surface area contributed by atoms with Crippen LogP contribution in [0.15, 0.2) is 23.0 Å². The van der Waals surface area contributed by atoms with E-state index in [0.717, 1.165) is 5.56 Å². The van der Waals surface area contributed by atoms with Gasteiger partial charge in [-0.3, -0.25) is 4.79 Å². The van der Waals surface area contributed by atoms with Crippen LogP contribution >= 0.6 is 12.2 Å². The minimum Gasteiger partial charge on any atom is -0.472 e. The van der Waals surface area contributed by atoms with E-state index in [-0.39, 0.29) is 16.8 Å². The first-order valence-corrected chi connectivity index (χ1v) is 5.14. The molecule has 1 unspecified atom stereocenters. The van der Waals surface area contributed by atoms with Gasteiger partial charge in [-0.15, -0.1) is 0 Å². The Hall–Kier alpha value is -1.36. The van der Waals surface area contributed by atoms with E-state index in [9.17, 15) is 4.79 Å². The average molecular weight is 226 g/mol. The third-order valence-electron chi connectivity index (χ3n) is 2.12. The molecular formula is C10H14N2O2S. The Bertz CT molecular complexity index is 335. The van der Waals surface area contributed by atoms with E-state index in [1.807, 2.05) is 6.92 Å². The van der Waals surface area contributed by atoms with Crippen LogP contribution in [0, 0.1) is 5.92 Å². The molecule has 3 N–H and O–H groups in total. The molecule has 0 bridgehead atoms. The van der Waals surface area contributed by atoms with Gasteiger partial charge in [-0.2, -0.15) is 0 Å². The smallest absolute Gasteiger partial charge is 0.230 e. The molecule has 1 heterocycles. The Balaban J connectivity index is 2.44. The highest BCUT2D eigenvalue weighted by molar-refractivity contribution is 7.80. The predicted molar refractivity (Wildman–Crippen MR) is 61.1 cm³/mol. The van der Waals surface area contributed by atoms with Gasteiger partial charge in [-0.25, -0.2) is 0 Å². The predicted octanol–water partition coefficient (Wildman–Crippen LogP) is 1.21. The Morgan fingerprint density at radius 3 is 2.93 bits per heavy atom. The fraction of sp³-hybridized carbons (Fsp3) is 0.400. The van der Waals surface area contributed by atoms with Gasteiger partial charge in [0.2, 0.25) is 5.91 Å². The van der Waals surface area contributed by atoms with Gasteiger partial charge >= 0.3 is 0 Å². The second-order valence-corrected chi connectivity index (χ2v) is 3.68. The first kappa shape index (κ1) is 11.7. The fourth-order valence-electron chi connectivity index (χ4n) is 1.22. The molecule has 1 aromatic rings. The van der Waals surface area contributed by atoms with Crippen molar-refractivity contribution >= 4 is 23.1 Å². The number of rotatable bonds is 5. The Morgan fingerprint density at radius 1 is 1.73 bits per heavy atom. The third kappa shape index (κ3) is 3.36.